The number of thioether (sulfide) groups is 1. The van der Waals surface area contributed by atoms with Gasteiger partial charge in [-0.25, -0.2) is 4.98 Å². The average Bonchev–Trinajstić information content (AvgIpc) is 3.24. The molecule has 7 nitrogen and oxygen atoms in total. The fraction of sp³-hybridized carbons (Fsp3) is 0.647. The summed E-state index contributed by atoms with van der Waals surface area (Å²) in [5.41, 5.74) is 0. The summed E-state index contributed by atoms with van der Waals surface area (Å²) >= 11 is 1.71. The molecule has 8 heteroatoms. The Kier molecular flexibility index (Phi) is 5.78. The van der Waals surface area contributed by atoms with Crippen LogP contribution >= 0.6 is 11.8 Å². The van der Waals surface area contributed by atoms with Gasteiger partial charge in [0.15, 0.2) is 5.82 Å². The van der Waals surface area contributed by atoms with Gasteiger partial charge < -0.3 is 14.0 Å². The molecule has 2 aromatic heterocycles. The number of aromatic nitrogens is 5. The van der Waals surface area contributed by atoms with E-state index in [2.05, 4.69) is 33.6 Å². The predicted octanol–water partition coefficient (Wildman–Crippen LogP) is 1.91. The SMILES string of the molecule is CC(C)SCC(=O)N1CCCC(c2nnc(Cn3ccnc3)n2C)C1. The highest BCUT2D eigenvalue weighted by Gasteiger charge is 2.28. The summed E-state index contributed by atoms with van der Waals surface area (Å²) in [5.74, 6) is 2.95. The van der Waals surface area contributed by atoms with Crippen LogP contribution in [0.15, 0.2) is 18.7 Å². The highest BCUT2D eigenvalue weighted by Crippen LogP contribution is 2.26. The van der Waals surface area contributed by atoms with Crippen molar-refractivity contribution in [2.24, 2.45) is 7.05 Å². The van der Waals surface area contributed by atoms with Gasteiger partial charge in [-0.15, -0.1) is 22.0 Å². The van der Waals surface area contributed by atoms with Crippen molar-refractivity contribution >= 4 is 17.7 Å². The fourth-order valence-electron chi connectivity index (χ4n) is 3.16. The van der Waals surface area contributed by atoms with Gasteiger partial charge in [0.1, 0.15) is 5.82 Å². The van der Waals surface area contributed by atoms with Gasteiger partial charge in [0.25, 0.3) is 0 Å². The second-order valence-electron chi connectivity index (χ2n) is 6.81. The molecule has 1 fully saturated rings. The number of hydrogen-bond donors (Lipinski definition) is 0. The highest BCUT2D eigenvalue weighted by molar-refractivity contribution is 8.00. The summed E-state index contributed by atoms with van der Waals surface area (Å²) in [5, 5.41) is 9.26. The molecule has 0 radical (unpaired) electrons. The molecule has 1 amide bonds. The van der Waals surface area contributed by atoms with E-state index in [1.165, 1.54) is 0 Å². The fourth-order valence-corrected chi connectivity index (χ4v) is 3.81. The molecule has 0 aliphatic carbocycles. The predicted molar refractivity (Wildman–Crippen MR) is 98.5 cm³/mol. The van der Waals surface area contributed by atoms with Gasteiger partial charge >= 0.3 is 0 Å². The molecule has 3 heterocycles. The number of carbonyl (C=O) groups excluding carboxylic acids is 1. The van der Waals surface area contributed by atoms with Crippen LogP contribution in [0.4, 0.5) is 0 Å². The number of carbonyl (C=O) groups is 1. The van der Waals surface area contributed by atoms with E-state index in [1.807, 2.05) is 22.7 Å². The molecule has 0 bridgehead atoms. The lowest BCUT2D eigenvalue weighted by molar-refractivity contribution is -0.129. The lowest BCUT2D eigenvalue weighted by atomic mass is 9.97. The van der Waals surface area contributed by atoms with Gasteiger partial charge in [-0.2, -0.15) is 0 Å². The van der Waals surface area contributed by atoms with E-state index < -0.39 is 0 Å². The van der Waals surface area contributed by atoms with Crippen LogP contribution in [0.2, 0.25) is 0 Å². The van der Waals surface area contributed by atoms with E-state index in [4.69, 9.17) is 0 Å². The van der Waals surface area contributed by atoms with Gasteiger partial charge in [-0.1, -0.05) is 13.8 Å². The first-order valence-corrected chi connectivity index (χ1v) is 9.82. The summed E-state index contributed by atoms with van der Waals surface area (Å²) in [4.78, 5) is 18.5. The summed E-state index contributed by atoms with van der Waals surface area (Å²) in [6.45, 7) is 6.50. The third-order valence-electron chi connectivity index (χ3n) is 4.56. The monoisotopic (exact) mass is 362 g/mol. The quantitative estimate of drug-likeness (QED) is 0.785. The molecule has 1 saturated heterocycles. The van der Waals surface area contributed by atoms with Gasteiger partial charge in [0.05, 0.1) is 18.6 Å². The topological polar surface area (TPSA) is 68.8 Å². The maximum atomic E-state index is 12.4. The summed E-state index contributed by atoms with van der Waals surface area (Å²) in [7, 11) is 2.01. The van der Waals surface area contributed by atoms with Crippen LogP contribution in [0.5, 0.6) is 0 Å². The molecule has 2 aromatic rings. The normalized spacial score (nSPS) is 18.1. The average molecular weight is 363 g/mol. The van der Waals surface area contributed by atoms with E-state index in [1.54, 1.807) is 24.3 Å². The standard InChI is InChI=1S/C17H26N6OS/c1-13(2)25-11-16(24)23-7-4-5-14(9-23)17-20-19-15(21(17)3)10-22-8-6-18-12-22/h6,8,12-14H,4-5,7,9-11H2,1-3H3. The number of likely N-dealkylation sites (tertiary alicyclic amines) is 1. The summed E-state index contributed by atoms with van der Waals surface area (Å²) in [6, 6.07) is 0. The van der Waals surface area contributed by atoms with Crippen molar-refractivity contribution in [3.05, 3.63) is 30.4 Å². The first kappa shape index (κ1) is 18.0. The number of nitrogens with zero attached hydrogens (tertiary/aromatic N) is 6. The number of imidazole rings is 1. The van der Waals surface area contributed by atoms with Crippen LogP contribution < -0.4 is 0 Å². The Bertz CT molecular complexity index is 696. The molecule has 136 valence electrons. The lowest BCUT2D eigenvalue weighted by Crippen LogP contribution is -2.40. The Labute approximate surface area is 152 Å². The van der Waals surface area contributed by atoms with Crippen molar-refractivity contribution in [1.82, 2.24) is 29.2 Å². The second kappa shape index (κ2) is 8.03. The maximum absolute atomic E-state index is 12.4. The maximum Gasteiger partial charge on any atom is 0.232 e. The van der Waals surface area contributed by atoms with E-state index >= 15 is 0 Å². The summed E-state index contributed by atoms with van der Waals surface area (Å²) in [6.07, 6.45) is 7.53. The number of piperidine rings is 1. The Hall–Kier alpha value is -1.83. The Balaban J connectivity index is 1.65. The third-order valence-corrected chi connectivity index (χ3v) is 5.64. The van der Waals surface area contributed by atoms with E-state index in [0.29, 0.717) is 17.5 Å². The molecule has 0 aromatic carbocycles. The molecular formula is C17H26N6OS. The molecule has 0 N–H and O–H groups in total. The minimum absolute atomic E-state index is 0.240. The van der Waals surface area contributed by atoms with Crippen LogP contribution in [0, 0.1) is 0 Å². The van der Waals surface area contributed by atoms with Crippen LogP contribution in [-0.4, -0.2) is 59.2 Å². The molecular weight excluding hydrogens is 336 g/mol. The number of rotatable bonds is 6. The minimum atomic E-state index is 0.240. The molecule has 1 aliphatic rings. The van der Waals surface area contributed by atoms with E-state index in [0.717, 1.165) is 37.6 Å². The van der Waals surface area contributed by atoms with Crippen molar-refractivity contribution in [1.29, 1.82) is 0 Å². The Morgan fingerprint density at radius 1 is 1.40 bits per heavy atom. The van der Waals surface area contributed by atoms with Gasteiger partial charge in [-0.05, 0) is 18.1 Å². The Morgan fingerprint density at radius 3 is 2.96 bits per heavy atom. The molecule has 0 spiro atoms. The van der Waals surface area contributed by atoms with E-state index in [-0.39, 0.29) is 11.8 Å². The molecule has 3 rings (SSSR count). The van der Waals surface area contributed by atoms with Crippen LogP contribution in [0.3, 0.4) is 0 Å². The minimum Gasteiger partial charge on any atom is -0.341 e. The Morgan fingerprint density at radius 2 is 2.24 bits per heavy atom. The molecule has 25 heavy (non-hydrogen) atoms. The highest BCUT2D eigenvalue weighted by atomic mass is 32.2. The smallest absolute Gasteiger partial charge is 0.232 e. The van der Waals surface area contributed by atoms with Crippen molar-refractivity contribution in [2.75, 3.05) is 18.8 Å². The number of amides is 1. The van der Waals surface area contributed by atoms with Crippen LogP contribution in [-0.2, 0) is 18.4 Å². The largest absolute Gasteiger partial charge is 0.341 e. The first-order valence-electron chi connectivity index (χ1n) is 8.78. The van der Waals surface area contributed by atoms with Crippen LogP contribution in [0.25, 0.3) is 0 Å². The summed E-state index contributed by atoms with van der Waals surface area (Å²) < 4.78 is 4.05. The second-order valence-corrected chi connectivity index (χ2v) is 8.37. The first-order chi connectivity index (χ1) is 12.0. The third kappa shape index (κ3) is 4.42. The van der Waals surface area contributed by atoms with E-state index in [9.17, 15) is 4.79 Å². The molecule has 1 aliphatic heterocycles. The molecule has 1 unspecified atom stereocenters. The van der Waals surface area contributed by atoms with Crippen molar-refractivity contribution in [3.8, 4) is 0 Å². The van der Waals surface area contributed by atoms with Gasteiger partial charge in [0, 0.05) is 38.4 Å². The zero-order valence-corrected chi connectivity index (χ0v) is 15.9. The van der Waals surface area contributed by atoms with Gasteiger partial charge in [-0.3, -0.25) is 4.79 Å². The van der Waals surface area contributed by atoms with Gasteiger partial charge in [0.2, 0.25) is 5.91 Å². The van der Waals surface area contributed by atoms with Crippen molar-refractivity contribution in [3.63, 3.8) is 0 Å². The van der Waals surface area contributed by atoms with Crippen molar-refractivity contribution in [2.45, 2.75) is 44.4 Å². The zero-order valence-electron chi connectivity index (χ0n) is 15.1. The lowest BCUT2D eigenvalue weighted by Gasteiger charge is -2.32. The zero-order chi connectivity index (χ0) is 17.8. The van der Waals surface area contributed by atoms with Crippen LogP contribution in [0.1, 0.15) is 44.3 Å². The molecule has 1 atom stereocenters. The molecule has 0 saturated carbocycles. The number of hydrogen-bond acceptors (Lipinski definition) is 5. The van der Waals surface area contributed by atoms with Crippen molar-refractivity contribution < 1.29 is 4.79 Å².